The molecule has 2 N–H and O–H groups in total. The van der Waals surface area contributed by atoms with Crippen LogP contribution in [0.5, 0.6) is 0 Å². The number of aromatic amines is 1. The van der Waals surface area contributed by atoms with E-state index in [1.54, 1.807) is 0 Å². The third kappa shape index (κ3) is 3.50. The third-order valence-corrected chi connectivity index (χ3v) is 6.27. The number of aryl methyl sites for hydroxylation is 1. The summed E-state index contributed by atoms with van der Waals surface area (Å²) in [7, 11) is 0. The molecule has 1 aliphatic rings. The van der Waals surface area contributed by atoms with Crippen LogP contribution in [0.15, 0.2) is 78.9 Å². The van der Waals surface area contributed by atoms with E-state index in [4.69, 9.17) is 11.6 Å². The molecule has 0 bridgehead atoms. The number of aromatic nitrogens is 1. The second-order valence-electron chi connectivity index (χ2n) is 7.91. The zero-order valence-electron chi connectivity index (χ0n) is 16.6. The van der Waals surface area contributed by atoms with Crippen molar-refractivity contribution in [1.82, 2.24) is 10.3 Å². The van der Waals surface area contributed by atoms with E-state index in [2.05, 4.69) is 34.6 Å². The summed E-state index contributed by atoms with van der Waals surface area (Å²) in [5.41, 5.74) is 5.48. The van der Waals surface area contributed by atoms with E-state index in [9.17, 15) is 4.79 Å². The molecule has 0 unspecified atom stereocenters. The Bertz CT molecular complexity index is 1140. The fourth-order valence-corrected chi connectivity index (χ4v) is 4.76. The Kier molecular flexibility index (Phi) is 5.06. The molecule has 1 amide bonds. The highest BCUT2D eigenvalue weighted by Crippen LogP contribution is 2.37. The average molecular weight is 415 g/mol. The highest BCUT2D eigenvalue weighted by Gasteiger charge is 2.31. The van der Waals surface area contributed by atoms with Crippen LogP contribution >= 0.6 is 11.6 Å². The van der Waals surface area contributed by atoms with Crippen LogP contribution < -0.4 is 5.32 Å². The first-order valence-corrected chi connectivity index (χ1v) is 10.8. The lowest BCUT2D eigenvalue weighted by molar-refractivity contribution is -0.123. The lowest BCUT2D eigenvalue weighted by Gasteiger charge is -2.26. The molecule has 4 heteroatoms. The Hall–Kier alpha value is -3.04. The first-order chi connectivity index (χ1) is 14.7. The zero-order chi connectivity index (χ0) is 20.5. The molecule has 0 radical (unpaired) electrons. The van der Waals surface area contributed by atoms with Gasteiger partial charge in [0.1, 0.15) is 0 Å². The van der Waals surface area contributed by atoms with Crippen molar-refractivity contribution in [3.63, 3.8) is 0 Å². The van der Waals surface area contributed by atoms with Crippen LogP contribution in [-0.4, -0.2) is 10.9 Å². The summed E-state index contributed by atoms with van der Waals surface area (Å²) in [5.74, 6) is -0.124. The van der Waals surface area contributed by atoms with Crippen LogP contribution in [0.3, 0.4) is 0 Å². The number of hydrogen-bond acceptors (Lipinski definition) is 1. The Balaban J connectivity index is 1.49. The van der Waals surface area contributed by atoms with Crippen molar-refractivity contribution in [2.45, 2.75) is 31.2 Å². The van der Waals surface area contributed by atoms with E-state index in [1.165, 1.54) is 5.56 Å². The van der Waals surface area contributed by atoms with Crippen LogP contribution in [0.1, 0.15) is 47.2 Å². The number of halogens is 1. The van der Waals surface area contributed by atoms with E-state index in [0.29, 0.717) is 0 Å². The van der Waals surface area contributed by atoms with Crippen LogP contribution in [0.4, 0.5) is 0 Å². The minimum absolute atomic E-state index is 0.0614. The number of rotatable bonds is 4. The maximum atomic E-state index is 13.5. The summed E-state index contributed by atoms with van der Waals surface area (Å²) in [6, 6.07) is 26.0. The van der Waals surface area contributed by atoms with Gasteiger partial charge in [-0.05, 0) is 54.2 Å². The Morgan fingerprint density at radius 2 is 1.63 bits per heavy atom. The van der Waals surface area contributed by atoms with Gasteiger partial charge in [0.25, 0.3) is 0 Å². The second kappa shape index (κ2) is 8.00. The Labute approximate surface area is 181 Å². The predicted octanol–water partition coefficient (Wildman–Crippen LogP) is 6.15. The Morgan fingerprint density at radius 1 is 0.967 bits per heavy atom. The molecular formula is C26H23ClN2O. The molecule has 1 aromatic heterocycles. The molecule has 150 valence electrons. The number of carbonyl (C=O) groups is 1. The molecule has 0 saturated carbocycles. The van der Waals surface area contributed by atoms with Crippen molar-refractivity contribution in [3.8, 4) is 0 Å². The molecule has 0 saturated heterocycles. The topological polar surface area (TPSA) is 44.9 Å². The van der Waals surface area contributed by atoms with Crippen LogP contribution in [0, 0.1) is 0 Å². The van der Waals surface area contributed by atoms with E-state index >= 15 is 0 Å². The van der Waals surface area contributed by atoms with Gasteiger partial charge in [0.05, 0.1) is 12.0 Å². The first-order valence-electron chi connectivity index (χ1n) is 10.4. The summed E-state index contributed by atoms with van der Waals surface area (Å²) in [5, 5.41) is 5.19. The summed E-state index contributed by atoms with van der Waals surface area (Å²) in [6.07, 6.45) is 2.81. The summed E-state index contributed by atoms with van der Waals surface area (Å²) < 4.78 is 0. The fraction of sp³-hybridized carbons (Fsp3) is 0.192. The number of hydrogen-bond donors (Lipinski definition) is 2. The van der Waals surface area contributed by atoms with Crippen molar-refractivity contribution in [1.29, 1.82) is 0 Å². The minimum Gasteiger partial charge on any atom is -0.357 e. The van der Waals surface area contributed by atoms with Gasteiger partial charge in [0, 0.05) is 21.6 Å². The van der Waals surface area contributed by atoms with E-state index < -0.39 is 0 Å². The molecule has 0 fully saturated rings. The second-order valence-corrected chi connectivity index (χ2v) is 8.35. The van der Waals surface area contributed by atoms with E-state index in [-0.39, 0.29) is 17.9 Å². The molecule has 1 aliphatic carbocycles. The van der Waals surface area contributed by atoms with Gasteiger partial charge in [0.2, 0.25) is 5.91 Å². The van der Waals surface area contributed by atoms with Gasteiger partial charge >= 0.3 is 0 Å². The van der Waals surface area contributed by atoms with Crippen LogP contribution in [0.2, 0.25) is 5.02 Å². The smallest absolute Gasteiger partial charge is 0.229 e. The number of benzene rings is 3. The third-order valence-electron chi connectivity index (χ3n) is 6.04. The zero-order valence-corrected chi connectivity index (χ0v) is 17.3. The lowest BCUT2D eigenvalue weighted by Crippen LogP contribution is -2.35. The van der Waals surface area contributed by atoms with Crippen molar-refractivity contribution >= 4 is 28.4 Å². The molecule has 0 aliphatic heterocycles. The predicted molar refractivity (Wildman–Crippen MR) is 122 cm³/mol. The van der Waals surface area contributed by atoms with E-state index in [1.807, 2.05) is 54.6 Å². The molecule has 1 atom stereocenters. The number of carbonyl (C=O) groups excluding carboxylic acids is 1. The normalized spacial score (nSPS) is 15.9. The van der Waals surface area contributed by atoms with Gasteiger partial charge in [-0.1, -0.05) is 72.3 Å². The summed E-state index contributed by atoms with van der Waals surface area (Å²) in [4.78, 5) is 17.0. The standard InChI is InChI=1S/C26H23ClN2O/c27-19-14-15-23-22(16-19)20-12-7-13-21(25(20)28-23)26(30)29-24(17-8-3-1-4-9-17)18-10-5-2-6-11-18/h1-6,8-11,14-16,21,24,28H,7,12-13H2,(H,29,30)/t21-/m0/s1. The molecule has 30 heavy (non-hydrogen) atoms. The largest absolute Gasteiger partial charge is 0.357 e. The Morgan fingerprint density at radius 3 is 2.30 bits per heavy atom. The first kappa shape index (κ1) is 19.0. The highest BCUT2D eigenvalue weighted by atomic mass is 35.5. The molecule has 5 rings (SSSR count). The molecule has 0 spiro atoms. The van der Waals surface area contributed by atoms with Gasteiger partial charge in [0.15, 0.2) is 0 Å². The monoisotopic (exact) mass is 414 g/mol. The average Bonchev–Trinajstić information content (AvgIpc) is 3.16. The van der Waals surface area contributed by atoms with Gasteiger partial charge in [-0.3, -0.25) is 4.79 Å². The summed E-state index contributed by atoms with van der Waals surface area (Å²) >= 11 is 6.23. The number of nitrogens with one attached hydrogen (secondary N) is 2. The quantitative estimate of drug-likeness (QED) is 0.413. The van der Waals surface area contributed by atoms with Crippen molar-refractivity contribution < 1.29 is 4.79 Å². The van der Waals surface area contributed by atoms with Gasteiger partial charge in [-0.25, -0.2) is 0 Å². The number of fused-ring (bicyclic) bond motifs is 3. The number of amides is 1. The van der Waals surface area contributed by atoms with Crippen molar-refractivity contribution in [3.05, 3.63) is 106 Å². The maximum Gasteiger partial charge on any atom is 0.229 e. The molecule has 3 nitrogen and oxygen atoms in total. The molecular weight excluding hydrogens is 392 g/mol. The fourth-order valence-electron chi connectivity index (χ4n) is 4.59. The maximum absolute atomic E-state index is 13.5. The van der Waals surface area contributed by atoms with Crippen molar-refractivity contribution in [2.75, 3.05) is 0 Å². The van der Waals surface area contributed by atoms with Crippen molar-refractivity contribution in [2.24, 2.45) is 0 Å². The summed E-state index contributed by atoms with van der Waals surface area (Å²) in [6.45, 7) is 0. The van der Waals surface area contributed by atoms with Crippen LogP contribution in [0.25, 0.3) is 10.9 Å². The molecule has 4 aromatic rings. The molecule has 3 aromatic carbocycles. The van der Waals surface area contributed by atoms with Gasteiger partial charge in [-0.15, -0.1) is 0 Å². The highest BCUT2D eigenvalue weighted by molar-refractivity contribution is 6.31. The number of H-pyrrole nitrogens is 1. The van der Waals surface area contributed by atoms with E-state index in [0.717, 1.165) is 52.0 Å². The molecule has 1 heterocycles. The van der Waals surface area contributed by atoms with Crippen LogP contribution in [-0.2, 0) is 11.2 Å². The van der Waals surface area contributed by atoms with Gasteiger partial charge < -0.3 is 10.3 Å². The minimum atomic E-state index is -0.185. The SMILES string of the molecule is O=C(NC(c1ccccc1)c1ccccc1)[C@H]1CCCc2c1[nH]c1ccc(Cl)cc21. The van der Waals surface area contributed by atoms with Gasteiger partial charge in [-0.2, -0.15) is 0 Å². The lowest BCUT2D eigenvalue weighted by atomic mass is 9.85.